The summed E-state index contributed by atoms with van der Waals surface area (Å²) in [5.74, 6) is -0.0418. The summed E-state index contributed by atoms with van der Waals surface area (Å²) in [7, 11) is 0. The van der Waals surface area contributed by atoms with E-state index >= 15 is 0 Å². The SMILES string of the molecule is Nc1nc(CC(=O)NCc2cc(Br)cs2)cs1. The summed E-state index contributed by atoms with van der Waals surface area (Å²) in [5, 5.41) is 7.13. The minimum absolute atomic E-state index is 0.0418. The third kappa shape index (κ3) is 3.79. The largest absolute Gasteiger partial charge is 0.375 e. The van der Waals surface area contributed by atoms with Gasteiger partial charge in [-0.2, -0.15) is 0 Å². The minimum Gasteiger partial charge on any atom is -0.375 e. The molecule has 0 aromatic carbocycles. The van der Waals surface area contributed by atoms with Crippen LogP contribution in [-0.2, 0) is 17.8 Å². The van der Waals surface area contributed by atoms with Crippen LogP contribution >= 0.6 is 38.6 Å². The van der Waals surface area contributed by atoms with Gasteiger partial charge in [-0.05, 0) is 22.0 Å². The van der Waals surface area contributed by atoms with Gasteiger partial charge in [-0.1, -0.05) is 0 Å². The fourth-order valence-corrected chi connectivity index (χ4v) is 3.22. The maximum Gasteiger partial charge on any atom is 0.226 e. The third-order valence-electron chi connectivity index (χ3n) is 1.99. The van der Waals surface area contributed by atoms with Crippen molar-refractivity contribution in [2.75, 3.05) is 5.73 Å². The lowest BCUT2D eigenvalue weighted by atomic mass is 10.3. The molecule has 2 aromatic rings. The van der Waals surface area contributed by atoms with E-state index in [1.54, 1.807) is 16.7 Å². The molecule has 4 nitrogen and oxygen atoms in total. The van der Waals surface area contributed by atoms with E-state index in [2.05, 4.69) is 26.2 Å². The van der Waals surface area contributed by atoms with Crippen LogP contribution in [-0.4, -0.2) is 10.9 Å². The summed E-state index contributed by atoms with van der Waals surface area (Å²) in [4.78, 5) is 16.8. The molecule has 0 unspecified atom stereocenters. The number of amides is 1. The summed E-state index contributed by atoms with van der Waals surface area (Å²) in [6, 6.07) is 1.99. The Morgan fingerprint density at radius 1 is 1.47 bits per heavy atom. The van der Waals surface area contributed by atoms with E-state index < -0.39 is 0 Å². The van der Waals surface area contributed by atoms with Gasteiger partial charge in [-0.3, -0.25) is 4.79 Å². The third-order valence-corrected chi connectivity index (χ3v) is 4.41. The van der Waals surface area contributed by atoms with Crippen LogP contribution in [0, 0.1) is 0 Å². The fourth-order valence-electron chi connectivity index (χ4n) is 1.26. The van der Waals surface area contributed by atoms with Crippen LogP contribution in [0.5, 0.6) is 0 Å². The van der Waals surface area contributed by atoms with Crippen LogP contribution in [0.2, 0.25) is 0 Å². The molecule has 1 amide bonds. The normalized spacial score (nSPS) is 10.4. The molecule has 0 fully saturated rings. The number of aromatic nitrogens is 1. The summed E-state index contributed by atoms with van der Waals surface area (Å²) in [6.07, 6.45) is 0.278. The van der Waals surface area contributed by atoms with E-state index in [4.69, 9.17) is 5.73 Å². The number of hydrogen-bond donors (Lipinski definition) is 2. The number of hydrogen-bond acceptors (Lipinski definition) is 5. The van der Waals surface area contributed by atoms with Crippen molar-refractivity contribution in [3.8, 4) is 0 Å². The van der Waals surface area contributed by atoms with Crippen molar-refractivity contribution in [3.05, 3.63) is 31.9 Å². The van der Waals surface area contributed by atoms with Gasteiger partial charge in [0.2, 0.25) is 5.91 Å². The second-order valence-electron chi connectivity index (χ2n) is 3.36. The molecule has 7 heteroatoms. The number of rotatable bonds is 4. The molecule has 0 aliphatic heterocycles. The predicted molar refractivity (Wildman–Crippen MR) is 74.1 cm³/mol. The molecule has 17 heavy (non-hydrogen) atoms. The zero-order chi connectivity index (χ0) is 12.3. The van der Waals surface area contributed by atoms with Gasteiger partial charge in [0.1, 0.15) is 0 Å². The number of halogens is 1. The molecule has 0 bridgehead atoms. The molecule has 0 aliphatic rings. The van der Waals surface area contributed by atoms with Gasteiger partial charge in [-0.15, -0.1) is 22.7 Å². The van der Waals surface area contributed by atoms with Gasteiger partial charge >= 0.3 is 0 Å². The molecule has 0 atom stereocenters. The van der Waals surface area contributed by atoms with Crippen molar-refractivity contribution < 1.29 is 4.79 Å². The molecule has 2 aromatic heterocycles. The van der Waals surface area contributed by atoms with Crippen molar-refractivity contribution in [3.63, 3.8) is 0 Å². The zero-order valence-corrected chi connectivity index (χ0v) is 12.0. The maximum atomic E-state index is 11.6. The molecule has 0 spiro atoms. The molecule has 0 saturated heterocycles. The predicted octanol–water partition coefficient (Wildman–Crippen LogP) is 2.41. The van der Waals surface area contributed by atoms with Gasteiger partial charge in [0.05, 0.1) is 18.7 Å². The van der Waals surface area contributed by atoms with Gasteiger partial charge in [0, 0.05) is 20.1 Å². The summed E-state index contributed by atoms with van der Waals surface area (Å²) in [5.41, 5.74) is 6.21. The zero-order valence-electron chi connectivity index (χ0n) is 8.77. The average molecular weight is 332 g/mol. The van der Waals surface area contributed by atoms with E-state index in [9.17, 15) is 4.79 Å². The molecule has 2 rings (SSSR count). The number of nitrogens with one attached hydrogen (secondary N) is 1. The average Bonchev–Trinajstić information content (AvgIpc) is 2.85. The van der Waals surface area contributed by atoms with Gasteiger partial charge < -0.3 is 11.1 Å². The number of nitrogen functional groups attached to an aromatic ring is 1. The topological polar surface area (TPSA) is 68.0 Å². The van der Waals surface area contributed by atoms with Crippen LogP contribution in [0.1, 0.15) is 10.6 Å². The first-order chi connectivity index (χ1) is 8.13. The molecule has 2 heterocycles. The molecule has 0 aliphatic carbocycles. The van der Waals surface area contributed by atoms with Crippen LogP contribution in [0.25, 0.3) is 0 Å². The number of thiophene rings is 1. The molecule has 3 N–H and O–H groups in total. The van der Waals surface area contributed by atoms with Crippen LogP contribution in [0.3, 0.4) is 0 Å². The first-order valence-electron chi connectivity index (χ1n) is 4.83. The number of thiazole rings is 1. The number of carbonyl (C=O) groups is 1. The standard InChI is InChI=1S/C10H10BrN3OS2/c11-6-1-8(16-4-6)3-13-9(15)2-7-5-17-10(12)14-7/h1,4-5H,2-3H2,(H2,12,14)(H,13,15). The van der Waals surface area contributed by atoms with E-state index in [0.29, 0.717) is 11.7 Å². The molecule has 0 radical (unpaired) electrons. The van der Waals surface area contributed by atoms with Gasteiger partial charge in [-0.25, -0.2) is 4.98 Å². The Bertz CT molecular complexity index is 523. The summed E-state index contributed by atoms with van der Waals surface area (Å²) >= 11 is 6.32. The highest BCUT2D eigenvalue weighted by molar-refractivity contribution is 9.10. The molecule has 0 saturated carbocycles. The second-order valence-corrected chi connectivity index (χ2v) is 6.16. The lowest BCUT2D eigenvalue weighted by Gasteiger charge is -2.01. The Morgan fingerprint density at radius 3 is 2.88 bits per heavy atom. The first kappa shape index (κ1) is 12.5. The number of anilines is 1. The van der Waals surface area contributed by atoms with E-state index in [-0.39, 0.29) is 12.3 Å². The van der Waals surface area contributed by atoms with Crippen LogP contribution < -0.4 is 11.1 Å². The van der Waals surface area contributed by atoms with Gasteiger partial charge in [0.15, 0.2) is 5.13 Å². The molecular formula is C10H10BrN3OS2. The molecular weight excluding hydrogens is 322 g/mol. The lowest BCUT2D eigenvalue weighted by Crippen LogP contribution is -2.24. The Kier molecular flexibility index (Phi) is 4.14. The van der Waals surface area contributed by atoms with Crippen LogP contribution in [0.4, 0.5) is 5.13 Å². The number of carbonyl (C=O) groups excluding carboxylic acids is 1. The van der Waals surface area contributed by atoms with Crippen molar-refractivity contribution >= 4 is 49.6 Å². The Labute approximate surface area is 115 Å². The lowest BCUT2D eigenvalue weighted by molar-refractivity contribution is -0.120. The fraction of sp³-hybridized carbons (Fsp3) is 0.200. The highest BCUT2D eigenvalue weighted by atomic mass is 79.9. The van der Waals surface area contributed by atoms with E-state index in [0.717, 1.165) is 15.0 Å². The van der Waals surface area contributed by atoms with E-state index in [1.807, 2.05) is 11.4 Å². The second kappa shape index (κ2) is 5.61. The quantitative estimate of drug-likeness (QED) is 0.903. The van der Waals surface area contributed by atoms with Crippen molar-refractivity contribution in [2.45, 2.75) is 13.0 Å². The Hall–Kier alpha value is -0.920. The maximum absolute atomic E-state index is 11.6. The Balaban J connectivity index is 1.82. The monoisotopic (exact) mass is 331 g/mol. The summed E-state index contributed by atoms with van der Waals surface area (Å²) < 4.78 is 1.04. The highest BCUT2D eigenvalue weighted by Gasteiger charge is 2.07. The first-order valence-corrected chi connectivity index (χ1v) is 7.38. The Morgan fingerprint density at radius 2 is 2.29 bits per heavy atom. The van der Waals surface area contributed by atoms with Crippen LogP contribution in [0.15, 0.2) is 21.3 Å². The molecule has 90 valence electrons. The smallest absolute Gasteiger partial charge is 0.226 e. The van der Waals surface area contributed by atoms with Crippen molar-refractivity contribution in [1.29, 1.82) is 0 Å². The number of nitrogens with two attached hydrogens (primary N) is 1. The highest BCUT2D eigenvalue weighted by Crippen LogP contribution is 2.19. The minimum atomic E-state index is -0.0418. The van der Waals surface area contributed by atoms with Gasteiger partial charge in [0.25, 0.3) is 0 Å². The van der Waals surface area contributed by atoms with E-state index in [1.165, 1.54) is 11.3 Å². The number of nitrogens with zero attached hydrogens (tertiary/aromatic N) is 1. The summed E-state index contributed by atoms with van der Waals surface area (Å²) in [6.45, 7) is 0.550. The van der Waals surface area contributed by atoms with Crippen molar-refractivity contribution in [1.82, 2.24) is 10.3 Å². The van der Waals surface area contributed by atoms with Crippen molar-refractivity contribution in [2.24, 2.45) is 0 Å².